The third kappa shape index (κ3) is 5.66. The van der Waals surface area contributed by atoms with Crippen LogP contribution in [0.4, 0.5) is 16.2 Å². The third-order valence-electron chi connectivity index (χ3n) is 5.98. The summed E-state index contributed by atoms with van der Waals surface area (Å²) in [5.41, 5.74) is 3.40. The van der Waals surface area contributed by atoms with Crippen LogP contribution in [0.2, 0.25) is 5.02 Å². The van der Waals surface area contributed by atoms with Crippen molar-refractivity contribution in [1.82, 2.24) is 4.90 Å². The van der Waals surface area contributed by atoms with Crippen LogP contribution in [0.5, 0.6) is 0 Å². The number of amides is 3. The second kappa shape index (κ2) is 10.1. The molecular formula is C26H26ClN3O4S. The van der Waals surface area contributed by atoms with Crippen molar-refractivity contribution in [1.29, 1.82) is 0 Å². The van der Waals surface area contributed by atoms with E-state index in [2.05, 4.69) is 10.6 Å². The van der Waals surface area contributed by atoms with Gasteiger partial charge in [-0.3, -0.25) is 4.79 Å². The third-order valence-corrected chi connectivity index (χ3v) is 7.39. The molecule has 1 aliphatic heterocycles. The number of benzene rings is 3. The van der Waals surface area contributed by atoms with E-state index in [1.165, 1.54) is 11.2 Å². The van der Waals surface area contributed by atoms with Gasteiger partial charge in [0, 0.05) is 34.8 Å². The smallest absolute Gasteiger partial charge is 0.322 e. The molecule has 9 heteroatoms. The van der Waals surface area contributed by atoms with Gasteiger partial charge in [-0.2, -0.15) is 0 Å². The van der Waals surface area contributed by atoms with Crippen molar-refractivity contribution in [2.75, 3.05) is 23.4 Å². The highest BCUT2D eigenvalue weighted by Gasteiger charge is 2.34. The van der Waals surface area contributed by atoms with E-state index in [0.29, 0.717) is 34.9 Å². The molecule has 0 saturated carbocycles. The predicted molar refractivity (Wildman–Crippen MR) is 139 cm³/mol. The lowest BCUT2D eigenvalue weighted by molar-refractivity contribution is -0.119. The van der Waals surface area contributed by atoms with E-state index in [9.17, 15) is 18.0 Å². The molecule has 2 N–H and O–H groups in total. The van der Waals surface area contributed by atoms with Gasteiger partial charge < -0.3 is 15.5 Å². The van der Waals surface area contributed by atoms with E-state index in [4.69, 9.17) is 11.6 Å². The number of carbonyl (C=O) groups is 2. The standard InChI is InChI=1S/C26H26ClN3O4S/c1-17-16-20(13-14-21(17)22-6-3-4-8-24(22)35(2,33)34)28-25(31)23-7-5-15-30(23)26(32)29-19-11-9-18(27)10-12-19/h3-4,6,8-14,16,23H,5,7,15H2,1-2H3,(H,28,31)(H,29,32). The molecule has 0 aromatic heterocycles. The maximum absolute atomic E-state index is 13.0. The van der Waals surface area contributed by atoms with Crippen LogP contribution in [0.25, 0.3) is 11.1 Å². The average molecular weight is 512 g/mol. The molecule has 3 aromatic rings. The van der Waals surface area contributed by atoms with Crippen molar-refractivity contribution >= 4 is 44.8 Å². The van der Waals surface area contributed by atoms with Gasteiger partial charge in [0.2, 0.25) is 5.91 Å². The van der Waals surface area contributed by atoms with Gasteiger partial charge in [-0.15, -0.1) is 0 Å². The van der Waals surface area contributed by atoms with Crippen molar-refractivity contribution in [3.63, 3.8) is 0 Å². The largest absolute Gasteiger partial charge is 0.324 e. The first-order valence-corrected chi connectivity index (χ1v) is 13.4. The Labute approximate surface area is 210 Å². The van der Waals surface area contributed by atoms with Gasteiger partial charge >= 0.3 is 6.03 Å². The summed E-state index contributed by atoms with van der Waals surface area (Å²) in [5.74, 6) is -0.266. The number of hydrogen-bond acceptors (Lipinski definition) is 4. The zero-order valence-electron chi connectivity index (χ0n) is 19.4. The van der Waals surface area contributed by atoms with Crippen molar-refractivity contribution in [2.24, 2.45) is 0 Å². The molecule has 0 radical (unpaired) electrons. The number of carbonyl (C=O) groups excluding carboxylic acids is 2. The second-order valence-corrected chi connectivity index (χ2v) is 11.0. The van der Waals surface area contributed by atoms with Gasteiger partial charge in [0.25, 0.3) is 0 Å². The van der Waals surface area contributed by atoms with Crippen LogP contribution < -0.4 is 10.6 Å². The summed E-state index contributed by atoms with van der Waals surface area (Å²) >= 11 is 5.90. The number of nitrogens with one attached hydrogen (secondary N) is 2. The quantitative estimate of drug-likeness (QED) is 0.482. The monoisotopic (exact) mass is 511 g/mol. The molecule has 0 spiro atoms. The number of halogens is 1. The van der Waals surface area contributed by atoms with E-state index in [1.54, 1.807) is 66.7 Å². The molecule has 3 aromatic carbocycles. The van der Waals surface area contributed by atoms with Crippen LogP contribution in [-0.2, 0) is 14.6 Å². The molecule has 0 aliphatic carbocycles. The molecule has 1 saturated heterocycles. The lowest BCUT2D eigenvalue weighted by Gasteiger charge is -2.24. The molecule has 35 heavy (non-hydrogen) atoms. The van der Waals surface area contributed by atoms with Crippen LogP contribution in [0.3, 0.4) is 0 Å². The van der Waals surface area contributed by atoms with E-state index >= 15 is 0 Å². The van der Waals surface area contributed by atoms with Gasteiger partial charge in [0.15, 0.2) is 9.84 Å². The zero-order chi connectivity index (χ0) is 25.2. The molecule has 3 amide bonds. The molecule has 0 bridgehead atoms. The summed E-state index contributed by atoms with van der Waals surface area (Å²) in [5, 5.41) is 6.29. The number of hydrogen-bond donors (Lipinski definition) is 2. The van der Waals surface area contributed by atoms with Gasteiger partial charge in [-0.05, 0) is 73.4 Å². The Morgan fingerprint density at radius 3 is 2.31 bits per heavy atom. The van der Waals surface area contributed by atoms with Gasteiger partial charge in [-0.25, -0.2) is 13.2 Å². The molecule has 4 rings (SSSR count). The number of sulfone groups is 1. The molecule has 1 heterocycles. The van der Waals surface area contributed by atoms with E-state index in [1.807, 2.05) is 6.92 Å². The number of anilines is 2. The van der Waals surface area contributed by atoms with Crippen LogP contribution >= 0.6 is 11.6 Å². The molecule has 182 valence electrons. The maximum atomic E-state index is 13.0. The Kier molecular flexibility index (Phi) is 7.14. The summed E-state index contributed by atoms with van der Waals surface area (Å²) in [6.45, 7) is 2.35. The first kappa shape index (κ1) is 24.8. The Hall–Kier alpha value is -3.36. The fraction of sp³-hybridized carbons (Fsp3) is 0.231. The molecular weight excluding hydrogens is 486 g/mol. The number of likely N-dealkylation sites (tertiary alicyclic amines) is 1. The van der Waals surface area contributed by atoms with Crippen molar-refractivity contribution in [3.05, 3.63) is 77.3 Å². The molecule has 1 unspecified atom stereocenters. The first-order valence-electron chi connectivity index (χ1n) is 11.2. The maximum Gasteiger partial charge on any atom is 0.322 e. The van der Waals surface area contributed by atoms with E-state index < -0.39 is 15.9 Å². The zero-order valence-corrected chi connectivity index (χ0v) is 21.0. The first-order chi connectivity index (χ1) is 16.6. The van der Waals surface area contributed by atoms with E-state index in [0.717, 1.165) is 17.5 Å². The fourth-order valence-corrected chi connectivity index (χ4v) is 5.32. The summed E-state index contributed by atoms with van der Waals surface area (Å²) in [6, 6.07) is 18.0. The molecule has 1 fully saturated rings. The Bertz CT molecular complexity index is 1370. The van der Waals surface area contributed by atoms with Crippen LogP contribution in [0.1, 0.15) is 18.4 Å². The van der Waals surface area contributed by atoms with Crippen LogP contribution in [-0.4, -0.2) is 44.1 Å². The Morgan fingerprint density at radius 2 is 1.63 bits per heavy atom. The van der Waals surface area contributed by atoms with Crippen LogP contribution in [0, 0.1) is 6.92 Å². The highest BCUT2D eigenvalue weighted by atomic mass is 35.5. The molecule has 1 aliphatic rings. The predicted octanol–water partition coefficient (Wildman–Crippen LogP) is 5.35. The van der Waals surface area contributed by atoms with Gasteiger partial charge in [-0.1, -0.05) is 35.9 Å². The number of nitrogens with zero attached hydrogens (tertiary/aromatic N) is 1. The topological polar surface area (TPSA) is 95.6 Å². The van der Waals surface area contributed by atoms with Crippen molar-refractivity contribution in [2.45, 2.75) is 30.7 Å². The Morgan fingerprint density at radius 1 is 0.943 bits per heavy atom. The SMILES string of the molecule is Cc1cc(NC(=O)C2CCCN2C(=O)Nc2ccc(Cl)cc2)ccc1-c1ccccc1S(C)(=O)=O. The normalized spacial score (nSPS) is 15.6. The number of rotatable bonds is 5. The minimum Gasteiger partial charge on any atom is -0.324 e. The number of urea groups is 1. The minimum atomic E-state index is -3.40. The van der Waals surface area contributed by atoms with Gasteiger partial charge in [0.05, 0.1) is 4.90 Å². The lowest BCUT2D eigenvalue weighted by atomic mass is 10.00. The van der Waals surface area contributed by atoms with Gasteiger partial charge in [0.1, 0.15) is 6.04 Å². The fourth-order valence-electron chi connectivity index (χ4n) is 4.29. The summed E-state index contributed by atoms with van der Waals surface area (Å²) in [4.78, 5) is 27.6. The van der Waals surface area contributed by atoms with Crippen molar-refractivity contribution < 1.29 is 18.0 Å². The number of aryl methyl sites for hydroxylation is 1. The molecule has 7 nitrogen and oxygen atoms in total. The minimum absolute atomic E-state index is 0.258. The summed E-state index contributed by atoms with van der Waals surface area (Å²) in [6.07, 6.45) is 2.48. The van der Waals surface area contributed by atoms with Crippen LogP contribution in [0.15, 0.2) is 71.6 Å². The van der Waals surface area contributed by atoms with Crippen molar-refractivity contribution in [3.8, 4) is 11.1 Å². The molecule has 1 atom stereocenters. The highest BCUT2D eigenvalue weighted by Crippen LogP contribution is 2.31. The lowest BCUT2D eigenvalue weighted by Crippen LogP contribution is -2.45. The summed E-state index contributed by atoms with van der Waals surface area (Å²) < 4.78 is 24.4. The average Bonchev–Trinajstić information content (AvgIpc) is 3.31. The highest BCUT2D eigenvalue weighted by molar-refractivity contribution is 7.90. The van der Waals surface area contributed by atoms with E-state index in [-0.39, 0.29) is 16.8 Å². The summed E-state index contributed by atoms with van der Waals surface area (Å²) in [7, 11) is -3.40. The second-order valence-electron chi connectivity index (χ2n) is 8.58. The Balaban J connectivity index is 1.49.